The van der Waals surface area contributed by atoms with Crippen molar-refractivity contribution in [2.24, 2.45) is 5.92 Å². The summed E-state index contributed by atoms with van der Waals surface area (Å²) in [6, 6.07) is 7.39. The van der Waals surface area contributed by atoms with Crippen LogP contribution in [0.1, 0.15) is 71.8 Å². The molecule has 148 valence electrons. The third-order valence-corrected chi connectivity index (χ3v) is 5.35. The Labute approximate surface area is 163 Å². The molecule has 0 saturated heterocycles. The van der Waals surface area contributed by atoms with Gasteiger partial charge in [0.25, 0.3) is 5.91 Å². The second-order valence-corrected chi connectivity index (χ2v) is 7.64. The van der Waals surface area contributed by atoms with Crippen molar-refractivity contribution >= 4 is 11.6 Å². The van der Waals surface area contributed by atoms with Crippen LogP contribution in [-0.4, -0.2) is 24.2 Å². The third kappa shape index (κ3) is 5.46. The molecule has 0 aliphatic heterocycles. The van der Waals surface area contributed by atoms with Gasteiger partial charge in [-0.2, -0.15) is 5.26 Å². The zero-order valence-corrected chi connectivity index (χ0v) is 17.0. The summed E-state index contributed by atoms with van der Waals surface area (Å²) in [6.45, 7) is 8.85. The molecule has 5 heteroatoms. The number of nitrogens with zero attached hydrogens (tertiary/aromatic N) is 1. The normalized spacial score (nSPS) is 23.3. The molecule has 0 heterocycles. The van der Waals surface area contributed by atoms with Crippen LogP contribution in [0.3, 0.4) is 0 Å². The first-order valence-corrected chi connectivity index (χ1v) is 10.1. The Kier molecular flexibility index (Phi) is 7.67. The van der Waals surface area contributed by atoms with E-state index < -0.39 is 5.60 Å². The van der Waals surface area contributed by atoms with E-state index in [2.05, 4.69) is 18.3 Å². The van der Waals surface area contributed by atoms with Gasteiger partial charge in [-0.25, -0.2) is 0 Å². The van der Waals surface area contributed by atoms with E-state index in [1.807, 2.05) is 20.8 Å². The molecule has 1 aromatic carbocycles. The number of hydrogen-bond acceptors (Lipinski definition) is 4. The number of rotatable bonds is 8. The lowest BCUT2D eigenvalue weighted by Gasteiger charge is -2.38. The highest BCUT2D eigenvalue weighted by Gasteiger charge is 2.42. The van der Waals surface area contributed by atoms with Crippen molar-refractivity contribution in [3.8, 4) is 11.8 Å². The molecule has 1 atom stereocenters. The molecule has 1 saturated carbocycles. The van der Waals surface area contributed by atoms with Crippen LogP contribution in [0.15, 0.2) is 18.2 Å². The molecule has 0 bridgehead atoms. The van der Waals surface area contributed by atoms with Crippen molar-refractivity contribution < 1.29 is 14.3 Å². The lowest BCUT2D eigenvalue weighted by Crippen LogP contribution is -2.48. The van der Waals surface area contributed by atoms with Crippen LogP contribution in [0, 0.1) is 17.2 Å². The zero-order valence-electron chi connectivity index (χ0n) is 17.0. The standard InChI is InChI=1S/C22H32N2O3/c1-5-13-26-22(11-9-16(3)10-12-22)21(25)24-20-8-7-19(14-18(20)15-23)27-17(4)6-2/h7-8,14,16-17H,5-6,9-13H2,1-4H3,(H,24,25)/t16?,17-,22?/m1/s1. The summed E-state index contributed by atoms with van der Waals surface area (Å²) in [7, 11) is 0. The van der Waals surface area contributed by atoms with Gasteiger partial charge in [-0.1, -0.05) is 20.8 Å². The molecule has 0 radical (unpaired) electrons. The van der Waals surface area contributed by atoms with E-state index >= 15 is 0 Å². The maximum absolute atomic E-state index is 13.1. The van der Waals surface area contributed by atoms with E-state index in [-0.39, 0.29) is 12.0 Å². The number of anilines is 1. The smallest absolute Gasteiger partial charge is 0.256 e. The molecule has 1 aromatic rings. The molecule has 1 aliphatic rings. The molecule has 0 unspecified atom stereocenters. The second-order valence-electron chi connectivity index (χ2n) is 7.64. The Morgan fingerprint density at radius 3 is 2.67 bits per heavy atom. The average molecular weight is 373 g/mol. The molecule has 1 aliphatic carbocycles. The molecule has 0 aromatic heterocycles. The number of ether oxygens (including phenoxy) is 2. The van der Waals surface area contributed by atoms with E-state index in [4.69, 9.17) is 9.47 Å². The maximum Gasteiger partial charge on any atom is 0.256 e. The first kappa shape index (κ1) is 21.2. The number of nitrogens with one attached hydrogen (secondary N) is 1. The van der Waals surface area contributed by atoms with Crippen molar-refractivity contribution in [1.29, 1.82) is 5.26 Å². The molecule has 1 amide bonds. The van der Waals surface area contributed by atoms with Crippen LogP contribution in [-0.2, 0) is 9.53 Å². The predicted molar refractivity (Wildman–Crippen MR) is 107 cm³/mol. The Morgan fingerprint density at radius 2 is 2.07 bits per heavy atom. The van der Waals surface area contributed by atoms with Crippen LogP contribution in [0.25, 0.3) is 0 Å². The minimum Gasteiger partial charge on any atom is -0.491 e. The molecule has 1 fully saturated rings. The van der Waals surface area contributed by atoms with Gasteiger partial charge in [0.2, 0.25) is 0 Å². The minimum absolute atomic E-state index is 0.0759. The monoisotopic (exact) mass is 372 g/mol. The number of nitriles is 1. The first-order chi connectivity index (χ1) is 12.9. The Balaban J connectivity index is 2.18. The number of amides is 1. The van der Waals surface area contributed by atoms with Gasteiger partial charge in [0.15, 0.2) is 0 Å². The van der Waals surface area contributed by atoms with E-state index in [1.54, 1.807) is 18.2 Å². The molecule has 1 N–H and O–H groups in total. The van der Waals surface area contributed by atoms with Crippen molar-refractivity contribution in [2.45, 2.75) is 77.9 Å². The van der Waals surface area contributed by atoms with Crippen LogP contribution in [0.5, 0.6) is 5.75 Å². The summed E-state index contributed by atoms with van der Waals surface area (Å²) in [4.78, 5) is 13.1. The summed E-state index contributed by atoms with van der Waals surface area (Å²) in [5.41, 5.74) is 0.122. The van der Waals surface area contributed by atoms with Gasteiger partial charge in [-0.3, -0.25) is 4.79 Å². The fourth-order valence-corrected chi connectivity index (χ4v) is 3.31. The van der Waals surface area contributed by atoms with Gasteiger partial charge < -0.3 is 14.8 Å². The Morgan fingerprint density at radius 1 is 1.37 bits per heavy atom. The highest BCUT2D eigenvalue weighted by molar-refractivity contribution is 5.98. The van der Waals surface area contributed by atoms with Gasteiger partial charge >= 0.3 is 0 Å². The SMILES string of the molecule is CCCOC1(C(=O)Nc2ccc(O[C@H](C)CC)cc2C#N)CCC(C)CC1. The topological polar surface area (TPSA) is 71.3 Å². The van der Waals surface area contributed by atoms with Gasteiger partial charge in [-0.15, -0.1) is 0 Å². The van der Waals surface area contributed by atoms with Crippen LogP contribution >= 0.6 is 0 Å². The van der Waals surface area contributed by atoms with E-state index in [0.717, 1.165) is 38.5 Å². The van der Waals surface area contributed by atoms with E-state index in [1.165, 1.54) is 0 Å². The van der Waals surface area contributed by atoms with Crippen LogP contribution < -0.4 is 10.1 Å². The number of benzene rings is 1. The van der Waals surface area contributed by atoms with Crippen LogP contribution in [0.2, 0.25) is 0 Å². The third-order valence-electron chi connectivity index (χ3n) is 5.35. The zero-order chi connectivity index (χ0) is 19.9. The fraction of sp³-hybridized carbons (Fsp3) is 0.636. The highest BCUT2D eigenvalue weighted by atomic mass is 16.5. The summed E-state index contributed by atoms with van der Waals surface area (Å²) in [5, 5.41) is 12.5. The highest BCUT2D eigenvalue weighted by Crippen LogP contribution is 2.36. The Bertz CT molecular complexity index is 667. The van der Waals surface area contributed by atoms with Gasteiger partial charge in [0.05, 0.1) is 17.4 Å². The number of carbonyl (C=O) groups excluding carboxylic acids is 1. The fourth-order valence-electron chi connectivity index (χ4n) is 3.31. The maximum atomic E-state index is 13.1. The molecule has 27 heavy (non-hydrogen) atoms. The molecular formula is C22H32N2O3. The van der Waals surface area contributed by atoms with Crippen molar-refractivity contribution in [1.82, 2.24) is 0 Å². The predicted octanol–water partition coefficient (Wildman–Crippen LogP) is 5.05. The minimum atomic E-state index is -0.791. The lowest BCUT2D eigenvalue weighted by atomic mass is 9.78. The molecule has 2 rings (SSSR count). The molecule has 5 nitrogen and oxygen atoms in total. The van der Waals surface area contributed by atoms with Crippen molar-refractivity contribution in [2.75, 3.05) is 11.9 Å². The van der Waals surface area contributed by atoms with Gasteiger partial charge in [-0.05, 0) is 63.5 Å². The van der Waals surface area contributed by atoms with Crippen molar-refractivity contribution in [3.05, 3.63) is 23.8 Å². The second kappa shape index (κ2) is 9.75. The van der Waals surface area contributed by atoms with Crippen LogP contribution in [0.4, 0.5) is 5.69 Å². The van der Waals surface area contributed by atoms with Gasteiger partial charge in [0, 0.05) is 12.7 Å². The Hall–Kier alpha value is -2.06. The summed E-state index contributed by atoms with van der Waals surface area (Å²) in [5.74, 6) is 1.11. The quantitative estimate of drug-likeness (QED) is 0.693. The van der Waals surface area contributed by atoms with Gasteiger partial charge in [0.1, 0.15) is 17.4 Å². The summed E-state index contributed by atoms with van der Waals surface area (Å²) in [6.07, 6.45) is 5.22. The van der Waals surface area contributed by atoms with Crippen molar-refractivity contribution in [3.63, 3.8) is 0 Å². The largest absolute Gasteiger partial charge is 0.491 e. The summed E-state index contributed by atoms with van der Waals surface area (Å²) >= 11 is 0. The average Bonchev–Trinajstić information content (AvgIpc) is 2.68. The first-order valence-electron chi connectivity index (χ1n) is 10.1. The lowest BCUT2D eigenvalue weighted by molar-refractivity contribution is -0.147. The van der Waals surface area contributed by atoms with E-state index in [9.17, 15) is 10.1 Å². The molecular weight excluding hydrogens is 340 g/mol. The van der Waals surface area contributed by atoms with E-state index in [0.29, 0.717) is 29.5 Å². The number of carbonyl (C=O) groups is 1. The molecule has 0 spiro atoms. The number of hydrogen-bond donors (Lipinski definition) is 1. The summed E-state index contributed by atoms with van der Waals surface area (Å²) < 4.78 is 11.8.